The lowest BCUT2D eigenvalue weighted by Crippen LogP contribution is -2.16. The number of rotatable bonds is 8. The summed E-state index contributed by atoms with van der Waals surface area (Å²) in [7, 11) is 0. The van der Waals surface area contributed by atoms with Crippen LogP contribution in [0.25, 0.3) is 11.3 Å². The fourth-order valence-corrected chi connectivity index (χ4v) is 3.38. The summed E-state index contributed by atoms with van der Waals surface area (Å²) in [4.78, 5) is 29.3. The Bertz CT molecular complexity index is 1200. The van der Waals surface area contributed by atoms with Gasteiger partial charge in [0, 0.05) is 17.8 Å². The molecule has 0 bridgehead atoms. The highest BCUT2D eigenvalue weighted by Crippen LogP contribution is 2.35. The van der Waals surface area contributed by atoms with Crippen LogP contribution in [0.1, 0.15) is 37.4 Å². The minimum Gasteiger partial charge on any atom is -0.411 e. The number of aromatic nitrogens is 4. The van der Waals surface area contributed by atoms with E-state index in [1.54, 1.807) is 24.5 Å². The summed E-state index contributed by atoms with van der Waals surface area (Å²) in [6.07, 6.45) is 5.29. The van der Waals surface area contributed by atoms with Crippen LogP contribution in [0.2, 0.25) is 0 Å². The zero-order chi connectivity index (χ0) is 23.4. The summed E-state index contributed by atoms with van der Waals surface area (Å²) in [5, 5.41) is 18.5. The van der Waals surface area contributed by atoms with Gasteiger partial charge in [0.2, 0.25) is 5.91 Å². The van der Waals surface area contributed by atoms with Gasteiger partial charge in [0.15, 0.2) is 0 Å². The predicted octanol–water partition coefficient (Wildman–Crippen LogP) is 4.26. The Morgan fingerprint density at radius 2 is 2.09 bits per heavy atom. The number of aryl methyl sites for hydroxylation is 1. The lowest BCUT2D eigenvalue weighted by Gasteiger charge is -2.14. The SMILES string of the molecule is CCC/C(=N\O)c1cc(C)c(Nc2ncccc2-c2cc(NC(=O)[C@H]3C[C@H]3F)ncn2)cn1. The average Bonchev–Trinajstić information content (AvgIpc) is 3.56. The predicted molar refractivity (Wildman–Crippen MR) is 122 cm³/mol. The number of halogens is 1. The molecule has 170 valence electrons. The quantitative estimate of drug-likeness (QED) is 0.266. The molecule has 3 aromatic rings. The average molecular weight is 449 g/mol. The van der Waals surface area contributed by atoms with E-state index in [4.69, 9.17) is 0 Å². The normalized spacial score (nSPS) is 17.5. The zero-order valence-corrected chi connectivity index (χ0v) is 18.3. The number of hydrogen-bond donors (Lipinski definition) is 3. The topological polar surface area (TPSA) is 125 Å². The van der Waals surface area contributed by atoms with Gasteiger partial charge in [-0.15, -0.1) is 0 Å². The van der Waals surface area contributed by atoms with Crippen LogP contribution in [0, 0.1) is 12.8 Å². The van der Waals surface area contributed by atoms with Crippen molar-refractivity contribution in [2.45, 2.75) is 39.3 Å². The first-order valence-electron chi connectivity index (χ1n) is 10.7. The minimum absolute atomic E-state index is 0.247. The molecule has 1 saturated carbocycles. The second-order valence-electron chi connectivity index (χ2n) is 7.84. The van der Waals surface area contributed by atoms with Gasteiger partial charge in [0.25, 0.3) is 0 Å². The maximum Gasteiger partial charge on any atom is 0.231 e. The van der Waals surface area contributed by atoms with Crippen molar-refractivity contribution >= 4 is 28.9 Å². The third-order valence-corrected chi connectivity index (χ3v) is 5.32. The largest absolute Gasteiger partial charge is 0.411 e. The van der Waals surface area contributed by atoms with Gasteiger partial charge in [-0.2, -0.15) is 0 Å². The Kier molecular flexibility index (Phi) is 6.53. The van der Waals surface area contributed by atoms with E-state index in [2.05, 4.69) is 35.7 Å². The number of carbonyl (C=O) groups excluding carboxylic acids is 1. The van der Waals surface area contributed by atoms with Crippen molar-refractivity contribution in [3.63, 3.8) is 0 Å². The van der Waals surface area contributed by atoms with Gasteiger partial charge in [-0.25, -0.2) is 19.3 Å². The molecular weight excluding hydrogens is 425 g/mol. The molecule has 1 aliphatic rings. The highest BCUT2D eigenvalue weighted by atomic mass is 19.1. The monoisotopic (exact) mass is 449 g/mol. The van der Waals surface area contributed by atoms with E-state index < -0.39 is 12.1 Å². The van der Waals surface area contributed by atoms with Gasteiger partial charge in [-0.05, 0) is 43.5 Å². The molecular formula is C23H24FN7O2. The van der Waals surface area contributed by atoms with Gasteiger partial charge in [0.1, 0.15) is 29.8 Å². The van der Waals surface area contributed by atoms with E-state index in [0.29, 0.717) is 40.7 Å². The molecule has 3 heterocycles. The van der Waals surface area contributed by atoms with Crippen molar-refractivity contribution in [3.8, 4) is 11.3 Å². The number of alkyl halides is 1. The number of carbonyl (C=O) groups is 1. The Labute approximate surface area is 190 Å². The second-order valence-corrected chi connectivity index (χ2v) is 7.84. The highest BCUT2D eigenvalue weighted by molar-refractivity contribution is 5.99. The third-order valence-electron chi connectivity index (χ3n) is 5.32. The molecule has 0 aliphatic heterocycles. The van der Waals surface area contributed by atoms with Crippen LogP contribution in [0.3, 0.4) is 0 Å². The maximum atomic E-state index is 13.2. The first-order chi connectivity index (χ1) is 16.0. The van der Waals surface area contributed by atoms with Crippen LogP contribution >= 0.6 is 0 Å². The van der Waals surface area contributed by atoms with Gasteiger partial charge < -0.3 is 15.8 Å². The Morgan fingerprint density at radius 3 is 2.79 bits per heavy atom. The van der Waals surface area contributed by atoms with Crippen LogP contribution in [0.4, 0.5) is 21.7 Å². The number of amides is 1. The van der Waals surface area contributed by atoms with Crippen LogP contribution in [-0.4, -0.2) is 42.9 Å². The molecule has 10 heteroatoms. The van der Waals surface area contributed by atoms with E-state index in [1.807, 2.05) is 26.0 Å². The highest BCUT2D eigenvalue weighted by Gasteiger charge is 2.43. The Morgan fingerprint density at radius 1 is 1.27 bits per heavy atom. The molecule has 0 radical (unpaired) electrons. The van der Waals surface area contributed by atoms with Crippen LogP contribution in [-0.2, 0) is 4.79 Å². The summed E-state index contributed by atoms with van der Waals surface area (Å²) in [6, 6.07) is 7.10. The van der Waals surface area contributed by atoms with Crippen molar-refractivity contribution in [1.82, 2.24) is 19.9 Å². The fourth-order valence-electron chi connectivity index (χ4n) is 3.38. The van der Waals surface area contributed by atoms with Gasteiger partial charge in [0.05, 0.1) is 29.2 Å². The van der Waals surface area contributed by atoms with Crippen molar-refractivity contribution in [3.05, 3.63) is 54.2 Å². The fraction of sp³-hybridized carbons (Fsp3) is 0.304. The van der Waals surface area contributed by atoms with Gasteiger partial charge in [-0.1, -0.05) is 18.5 Å². The molecule has 1 amide bonds. The summed E-state index contributed by atoms with van der Waals surface area (Å²) in [6.45, 7) is 3.93. The van der Waals surface area contributed by atoms with Gasteiger partial charge >= 0.3 is 0 Å². The van der Waals surface area contributed by atoms with E-state index in [1.165, 1.54) is 6.33 Å². The molecule has 0 saturated heterocycles. The summed E-state index contributed by atoms with van der Waals surface area (Å²) in [5.74, 6) is -0.145. The number of nitrogens with zero attached hydrogens (tertiary/aromatic N) is 5. The Balaban J connectivity index is 1.57. The lowest BCUT2D eigenvalue weighted by atomic mass is 10.1. The van der Waals surface area contributed by atoms with E-state index in [0.717, 1.165) is 17.7 Å². The zero-order valence-electron chi connectivity index (χ0n) is 18.3. The molecule has 2 atom stereocenters. The molecule has 9 nitrogen and oxygen atoms in total. The Hall–Kier alpha value is -3.95. The smallest absolute Gasteiger partial charge is 0.231 e. The molecule has 33 heavy (non-hydrogen) atoms. The van der Waals surface area contributed by atoms with Gasteiger partial charge in [-0.3, -0.25) is 9.78 Å². The molecule has 1 aliphatic carbocycles. The molecule has 0 spiro atoms. The van der Waals surface area contributed by atoms with Crippen LogP contribution in [0.15, 0.2) is 48.1 Å². The number of pyridine rings is 2. The third kappa shape index (κ3) is 5.11. The van der Waals surface area contributed by atoms with Crippen molar-refractivity contribution < 1.29 is 14.4 Å². The molecule has 4 rings (SSSR count). The molecule has 3 N–H and O–H groups in total. The standard InChI is InChI=1S/C23H24FN7O2/c1-3-5-17(31-33)19-8-13(2)20(11-26-19)29-22-14(6-4-7-25-22)18-10-21(28-12-27-18)30-23(32)15-9-16(15)24/h4,6-8,10-12,15-16,33H,3,5,9H2,1-2H3,(H,25,29)(H,27,28,30,32)/b31-17+/t15-,16+/m0/s1. The van der Waals surface area contributed by atoms with E-state index in [-0.39, 0.29) is 12.3 Å². The summed E-state index contributed by atoms with van der Waals surface area (Å²) in [5.41, 5.74) is 4.02. The minimum atomic E-state index is -1.08. The first-order valence-corrected chi connectivity index (χ1v) is 10.7. The molecule has 0 aromatic carbocycles. The number of anilines is 3. The first kappa shape index (κ1) is 22.3. The second kappa shape index (κ2) is 9.68. The van der Waals surface area contributed by atoms with Crippen molar-refractivity contribution in [2.75, 3.05) is 10.6 Å². The molecule has 0 unspecified atom stereocenters. The van der Waals surface area contributed by atoms with E-state index in [9.17, 15) is 14.4 Å². The molecule has 1 fully saturated rings. The van der Waals surface area contributed by atoms with Crippen molar-refractivity contribution in [1.29, 1.82) is 0 Å². The number of hydrogen-bond acceptors (Lipinski definition) is 8. The van der Waals surface area contributed by atoms with E-state index >= 15 is 0 Å². The lowest BCUT2D eigenvalue weighted by molar-refractivity contribution is -0.117. The molecule has 3 aromatic heterocycles. The number of oxime groups is 1. The summed E-state index contributed by atoms with van der Waals surface area (Å²) < 4.78 is 13.2. The summed E-state index contributed by atoms with van der Waals surface area (Å²) >= 11 is 0. The maximum absolute atomic E-state index is 13.2. The number of nitrogens with one attached hydrogen (secondary N) is 2. The van der Waals surface area contributed by atoms with Crippen molar-refractivity contribution in [2.24, 2.45) is 11.1 Å². The van der Waals surface area contributed by atoms with Crippen LogP contribution < -0.4 is 10.6 Å². The van der Waals surface area contributed by atoms with Crippen LogP contribution in [0.5, 0.6) is 0 Å².